The Bertz CT molecular complexity index is 133. The number of rotatable bonds is 2. The Morgan fingerprint density at radius 2 is 2.50 bits per heavy atom. The summed E-state index contributed by atoms with van der Waals surface area (Å²) in [5, 5.41) is 0. The largest absolute Gasteiger partial charge is 0.374 e. The lowest BCUT2D eigenvalue weighted by Crippen LogP contribution is -2.24. The van der Waals surface area contributed by atoms with Gasteiger partial charge in [-0.1, -0.05) is 12.2 Å². The van der Waals surface area contributed by atoms with Crippen LogP contribution in [0.2, 0.25) is 0 Å². The molecule has 1 rings (SSSR count). The monoisotopic (exact) mass is 141 g/mol. The van der Waals surface area contributed by atoms with Crippen molar-refractivity contribution in [3.8, 4) is 0 Å². The van der Waals surface area contributed by atoms with Gasteiger partial charge in [0.1, 0.15) is 0 Å². The molecule has 10 heavy (non-hydrogen) atoms. The van der Waals surface area contributed by atoms with E-state index in [1.165, 1.54) is 0 Å². The van der Waals surface area contributed by atoms with Crippen molar-refractivity contribution in [1.29, 1.82) is 0 Å². The highest BCUT2D eigenvalue weighted by atomic mass is 16.5. The van der Waals surface area contributed by atoms with Crippen LogP contribution in [-0.2, 0) is 4.74 Å². The van der Waals surface area contributed by atoms with Crippen LogP contribution in [0.25, 0.3) is 0 Å². The third kappa shape index (κ3) is 1.39. The lowest BCUT2D eigenvalue weighted by atomic mass is 9.97. The number of hydrogen-bond acceptors (Lipinski definition) is 2. The molecule has 1 aliphatic heterocycles. The van der Waals surface area contributed by atoms with E-state index < -0.39 is 0 Å². The van der Waals surface area contributed by atoms with Gasteiger partial charge in [0.15, 0.2) is 0 Å². The zero-order valence-electron chi connectivity index (χ0n) is 6.47. The molecule has 1 fully saturated rings. The fourth-order valence-electron chi connectivity index (χ4n) is 1.42. The molecule has 0 aromatic carbocycles. The zero-order chi connectivity index (χ0) is 7.56. The molecular weight excluding hydrogens is 126 g/mol. The molecule has 2 nitrogen and oxygen atoms in total. The number of ether oxygens (including phenoxy) is 1. The summed E-state index contributed by atoms with van der Waals surface area (Å²) in [6.07, 6.45) is 1.32. The molecule has 58 valence electrons. The number of hydrogen-bond donors (Lipinski definition) is 1. The van der Waals surface area contributed by atoms with Gasteiger partial charge in [-0.3, -0.25) is 0 Å². The van der Waals surface area contributed by atoms with Gasteiger partial charge in [-0.15, -0.1) is 0 Å². The summed E-state index contributed by atoms with van der Waals surface area (Å²) in [6.45, 7) is 7.42. The second-order valence-electron chi connectivity index (χ2n) is 2.92. The normalized spacial score (nSPS) is 32.6. The Balaban J connectivity index is 2.50. The van der Waals surface area contributed by atoms with Crippen LogP contribution in [0.3, 0.4) is 0 Å². The maximum atomic E-state index is 5.54. The van der Waals surface area contributed by atoms with Crippen molar-refractivity contribution < 1.29 is 4.74 Å². The molecule has 1 aliphatic rings. The molecule has 0 saturated carbocycles. The first-order valence-electron chi connectivity index (χ1n) is 3.72. The van der Waals surface area contributed by atoms with E-state index in [-0.39, 0.29) is 6.10 Å². The van der Waals surface area contributed by atoms with Gasteiger partial charge in [0.2, 0.25) is 0 Å². The molecule has 2 atom stereocenters. The second-order valence-corrected chi connectivity index (χ2v) is 2.92. The van der Waals surface area contributed by atoms with E-state index in [1.54, 1.807) is 0 Å². The van der Waals surface area contributed by atoms with Crippen molar-refractivity contribution >= 4 is 0 Å². The highest BCUT2D eigenvalue weighted by molar-refractivity contribution is 5.03. The van der Waals surface area contributed by atoms with Gasteiger partial charge >= 0.3 is 0 Å². The van der Waals surface area contributed by atoms with E-state index in [2.05, 4.69) is 6.58 Å². The Morgan fingerprint density at radius 3 is 2.90 bits per heavy atom. The molecule has 0 aliphatic carbocycles. The predicted octanol–water partition coefficient (Wildman–Crippen LogP) is 0.926. The zero-order valence-corrected chi connectivity index (χ0v) is 6.47. The molecule has 0 unspecified atom stereocenters. The summed E-state index contributed by atoms with van der Waals surface area (Å²) >= 11 is 0. The SMILES string of the molecule is C=C(C)[C@@H]1OCC[C@H]1CN. The van der Waals surface area contributed by atoms with Crippen LogP contribution in [0, 0.1) is 5.92 Å². The van der Waals surface area contributed by atoms with Crippen LogP contribution >= 0.6 is 0 Å². The fourth-order valence-corrected chi connectivity index (χ4v) is 1.42. The molecule has 2 N–H and O–H groups in total. The number of nitrogens with two attached hydrogens (primary N) is 1. The highest BCUT2D eigenvalue weighted by Gasteiger charge is 2.26. The second kappa shape index (κ2) is 3.17. The molecule has 0 aromatic heterocycles. The van der Waals surface area contributed by atoms with Gasteiger partial charge in [-0.2, -0.15) is 0 Å². The third-order valence-electron chi connectivity index (χ3n) is 2.00. The van der Waals surface area contributed by atoms with E-state index in [1.807, 2.05) is 6.92 Å². The molecular formula is C8H15NO. The molecule has 2 heteroatoms. The maximum Gasteiger partial charge on any atom is 0.0820 e. The van der Waals surface area contributed by atoms with Crippen molar-refractivity contribution in [2.75, 3.05) is 13.2 Å². The summed E-state index contributed by atoms with van der Waals surface area (Å²) < 4.78 is 5.44. The van der Waals surface area contributed by atoms with Gasteiger partial charge in [0.25, 0.3) is 0 Å². The Labute approximate surface area is 62.1 Å². The van der Waals surface area contributed by atoms with Crippen molar-refractivity contribution in [3.05, 3.63) is 12.2 Å². The van der Waals surface area contributed by atoms with E-state index >= 15 is 0 Å². The van der Waals surface area contributed by atoms with E-state index in [9.17, 15) is 0 Å². The lowest BCUT2D eigenvalue weighted by molar-refractivity contribution is 0.120. The average molecular weight is 141 g/mol. The van der Waals surface area contributed by atoms with Gasteiger partial charge in [-0.05, 0) is 19.9 Å². The first-order valence-corrected chi connectivity index (χ1v) is 3.72. The Hall–Kier alpha value is -0.340. The molecule has 0 bridgehead atoms. The van der Waals surface area contributed by atoms with E-state index in [0.29, 0.717) is 5.92 Å². The topological polar surface area (TPSA) is 35.2 Å². The predicted molar refractivity (Wildman–Crippen MR) is 41.7 cm³/mol. The first kappa shape index (κ1) is 7.76. The highest BCUT2D eigenvalue weighted by Crippen LogP contribution is 2.24. The van der Waals surface area contributed by atoms with Crippen LogP contribution in [0.15, 0.2) is 12.2 Å². The summed E-state index contributed by atoms with van der Waals surface area (Å²) in [6, 6.07) is 0. The summed E-state index contributed by atoms with van der Waals surface area (Å²) in [4.78, 5) is 0. The minimum atomic E-state index is 0.227. The Kier molecular flexibility index (Phi) is 2.46. The van der Waals surface area contributed by atoms with Gasteiger partial charge < -0.3 is 10.5 Å². The smallest absolute Gasteiger partial charge is 0.0820 e. The summed E-state index contributed by atoms with van der Waals surface area (Å²) in [5.41, 5.74) is 6.65. The van der Waals surface area contributed by atoms with Crippen LogP contribution in [0.4, 0.5) is 0 Å². The third-order valence-corrected chi connectivity index (χ3v) is 2.00. The summed E-state index contributed by atoms with van der Waals surface area (Å²) in [7, 11) is 0. The minimum absolute atomic E-state index is 0.227. The van der Waals surface area contributed by atoms with Gasteiger partial charge in [-0.25, -0.2) is 0 Å². The van der Waals surface area contributed by atoms with Crippen LogP contribution < -0.4 is 5.73 Å². The molecule has 1 saturated heterocycles. The standard InChI is InChI=1S/C8H15NO/c1-6(2)8-7(5-9)3-4-10-8/h7-8H,1,3-5,9H2,2H3/t7-,8-/m0/s1. The molecule has 0 aromatic rings. The molecule has 0 amide bonds. The average Bonchev–Trinajstić information content (AvgIpc) is 2.33. The van der Waals surface area contributed by atoms with Crippen molar-refractivity contribution in [1.82, 2.24) is 0 Å². The molecule has 0 spiro atoms. The van der Waals surface area contributed by atoms with E-state index in [4.69, 9.17) is 10.5 Å². The lowest BCUT2D eigenvalue weighted by Gasteiger charge is -2.15. The van der Waals surface area contributed by atoms with Crippen molar-refractivity contribution in [2.45, 2.75) is 19.4 Å². The molecule has 0 radical (unpaired) electrons. The van der Waals surface area contributed by atoms with E-state index in [0.717, 1.165) is 25.1 Å². The van der Waals surface area contributed by atoms with Crippen LogP contribution in [0.5, 0.6) is 0 Å². The molecule has 1 heterocycles. The quantitative estimate of drug-likeness (QED) is 0.580. The summed E-state index contributed by atoms with van der Waals surface area (Å²) in [5.74, 6) is 0.512. The van der Waals surface area contributed by atoms with Crippen molar-refractivity contribution in [2.24, 2.45) is 11.7 Å². The van der Waals surface area contributed by atoms with Crippen LogP contribution in [0.1, 0.15) is 13.3 Å². The van der Waals surface area contributed by atoms with Crippen LogP contribution in [-0.4, -0.2) is 19.3 Å². The fraction of sp³-hybridized carbons (Fsp3) is 0.750. The maximum absolute atomic E-state index is 5.54. The Morgan fingerprint density at radius 1 is 1.80 bits per heavy atom. The first-order chi connectivity index (χ1) is 4.75. The minimum Gasteiger partial charge on any atom is -0.374 e. The van der Waals surface area contributed by atoms with Gasteiger partial charge in [0, 0.05) is 12.5 Å². The van der Waals surface area contributed by atoms with Crippen molar-refractivity contribution in [3.63, 3.8) is 0 Å². The van der Waals surface area contributed by atoms with Gasteiger partial charge in [0.05, 0.1) is 6.10 Å².